The van der Waals surface area contributed by atoms with Gasteiger partial charge >= 0.3 is 5.97 Å². The van der Waals surface area contributed by atoms with E-state index in [-0.39, 0.29) is 35.7 Å². The van der Waals surface area contributed by atoms with Crippen molar-refractivity contribution >= 4 is 35.0 Å². The number of nitrogens with two attached hydrogens (primary N) is 1. The summed E-state index contributed by atoms with van der Waals surface area (Å²) in [5.74, 6) is -3.48. The number of anilines is 2. The zero-order chi connectivity index (χ0) is 25.9. The minimum absolute atomic E-state index is 0.0630. The monoisotopic (exact) mass is 484 g/mol. The maximum Gasteiger partial charge on any atom is 0.303 e. The molecule has 186 valence electrons. The third-order valence-corrected chi connectivity index (χ3v) is 5.53. The third kappa shape index (κ3) is 6.02. The highest BCUT2D eigenvalue weighted by Gasteiger charge is 2.42. The second-order valence-electron chi connectivity index (χ2n) is 9.21. The number of carbonyl (C=O) groups is 3. The van der Waals surface area contributed by atoms with Gasteiger partial charge < -0.3 is 25.4 Å². The SMILES string of the molecule is CC(=O)O[C@@H](C(=O)Nc1ccc(C(=N)N)cc1F)[C@H]1OCCN(c2ccc(C(C)(C)C)cc2)C1=O. The molecule has 0 spiro atoms. The molecule has 2 atom stereocenters. The molecule has 1 aliphatic rings. The maximum absolute atomic E-state index is 14.4. The molecule has 2 amide bonds. The fourth-order valence-electron chi connectivity index (χ4n) is 3.64. The quantitative estimate of drug-likeness (QED) is 0.328. The van der Waals surface area contributed by atoms with Gasteiger partial charge in [-0.25, -0.2) is 4.39 Å². The average molecular weight is 485 g/mol. The van der Waals surface area contributed by atoms with Gasteiger partial charge in [-0.05, 0) is 41.3 Å². The predicted molar refractivity (Wildman–Crippen MR) is 129 cm³/mol. The number of carbonyl (C=O) groups excluding carboxylic acids is 3. The topological polar surface area (TPSA) is 135 Å². The van der Waals surface area contributed by atoms with Crippen LogP contribution < -0.4 is 16.0 Å². The summed E-state index contributed by atoms with van der Waals surface area (Å²) in [4.78, 5) is 39.5. The van der Waals surface area contributed by atoms with Crippen LogP contribution in [0.2, 0.25) is 0 Å². The Labute approximate surface area is 202 Å². The standard InChI is InChI=1S/C25H29FN4O5/c1-14(31)35-20(23(32)29-19-10-5-15(22(27)28)13-18(19)26)21-24(33)30(11-12-34-21)17-8-6-16(7-9-17)25(2,3)4/h5-10,13,20-21H,11-12H2,1-4H3,(H3,27,28)(H,29,32)/t20-,21-/m1/s1. The van der Waals surface area contributed by atoms with Crippen LogP contribution in [0.3, 0.4) is 0 Å². The molecule has 0 aromatic heterocycles. The number of ether oxygens (including phenoxy) is 2. The summed E-state index contributed by atoms with van der Waals surface area (Å²) in [6.45, 7) is 7.69. The van der Waals surface area contributed by atoms with E-state index in [9.17, 15) is 18.8 Å². The van der Waals surface area contributed by atoms with Crippen LogP contribution in [0.15, 0.2) is 42.5 Å². The Morgan fingerprint density at radius 3 is 2.43 bits per heavy atom. The van der Waals surface area contributed by atoms with Crippen molar-refractivity contribution < 1.29 is 28.2 Å². The molecule has 3 rings (SSSR count). The number of nitrogens with one attached hydrogen (secondary N) is 2. The first-order valence-electron chi connectivity index (χ1n) is 11.0. The first-order chi connectivity index (χ1) is 16.4. The second kappa shape index (κ2) is 10.2. The summed E-state index contributed by atoms with van der Waals surface area (Å²) in [5, 5.41) is 9.71. The van der Waals surface area contributed by atoms with Gasteiger partial charge in [-0.2, -0.15) is 0 Å². The molecule has 1 fully saturated rings. The van der Waals surface area contributed by atoms with E-state index in [1.54, 1.807) is 0 Å². The van der Waals surface area contributed by atoms with E-state index in [1.807, 2.05) is 24.3 Å². The van der Waals surface area contributed by atoms with Crippen LogP contribution in [0.25, 0.3) is 0 Å². The van der Waals surface area contributed by atoms with Crippen molar-refractivity contribution in [3.05, 3.63) is 59.4 Å². The van der Waals surface area contributed by atoms with Gasteiger partial charge in [0.15, 0.2) is 6.10 Å². The summed E-state index contributed by atoms with van der Waals surface area (Å²) in [7, 11) is 0. The lowest BCUT2D eigenvalue weighted by Crippen LogP contribution is -2.56. The van der Waals surface area contributed by atoms with Gasteiger partial charge in [-0.15, -0.1) is 0 Å². The number of benzene rings is 2. The summed E-state index contributed by atoms with van der Waals surface area (Å²) in [5.41, 5.74) is 6.90. The van der Waals surface area contributed by atoms with Crippen LogP contribution in [0, 0.1) is 11.2 Å². The van der Waals surface area contributed by atoms with Crippen molar-refractivity contribution in [1.29, 1.82) is 5.41 Å². The van der Waals surface area contributed by atoms with Gasteiger partial charge in [-0.3, -0.25) is 19.8 Å². The average Bonchev–Trinajstić information content (AvgIpc) is 2.78. The smallest absolute Gasteiger partial charge is 0.303 e. The van der Waals surface area contributed by atoms with E-state index < -0.39 is 35.8 Å². The molecule has 1 saturated heterocycles. The molecular weight excluding hydrogens is 455 g/mol. The molecule has 0 radical (unpaired) electrons. The lowest BCUT2D eigenvalue weighted by molar-refractivity contribution is -0.167. The summed E-state index contributed by atoms with van der Waals surface area (Å²) < 4.78 is 25.1. The number of amides is 2. The largest absolute Gasteiger partial charge is 0.449 e. The van der Waals surface area contributed by atoms with E-state index in [2.05, 4.69) is 26.1 Å². The Balaban J connectivity index is 1.84. The van der Waals surface area contributed by atoms with Gasteiger partial charge in [0.1, 0.15) is 11.7 Å². The van der Waals surface area contributed by atoms with Crippen LogP contribution in [-0.2, 0) is 29.3 Å². The number of hydrogen-bond donors (Lipinski definition) is 3. The van der Waals surface area contributed by atoms with E-state index in [0.29, 0.717) is 5.69 Å². The van der Waals surface area contributed by atoms with E-state index in [1.165, 1.54) is 17.0 Å². The van der Waals surface area contributed by atoms with Crippen LogP contribution >= 0.6 is 0 Å². The van der Waals surface area contributed by atoms with Crippen molar-refractivity contribution in [2.24, 2.45) is 5.73 Å². The van der Waals surface area contributed by atoms with Crippen LogP contribution in [0.5, 0.6) is 0 Å². The number of hydrogen-bond acceptors (Lipinski definition) is 6. The predicted octanol–water partition coefficient (Wildman–Crippen LogP) is 2.71. The molecule has 0 bridgehead atoms. The van der Waals surface area contributed by atoms with Crippen molar-refractivity contribution in [2.75, 3.05) is 23.4 Å². The number of nitrogens with zero attached hydrogens (tertiary/aromatic N) is 1. The Hall–Kier alpha value is -3.79. The second-order valence-corrected chi connectivity index (χ2v) is 9.21. The fourth-order valence-corrected chi connectivity index (χ4v) is 3.64. The van der Waals surface area contributed by atoms with Crippen molar-refractivity contribution in [3.63, 3.8) is 0 Å². The Bertz CT molecular complexity index is 1140. The van der Waals surface area contributed by atoms with E-state index in [0.717, 1.165) is 18.6 Å². The first kappa shape index (κ1) is 25.8. The molecule has 0 saturated carbocycles. The molecule has 0 aliphatic carbocycles. The lowest BCUT2D eigenvalue weighted by atomic mass is 9.87. The molecule has 35 heavy (non-hydrogen) atoms. The summed E-state index contributed by atoms with van der Waals surface area (Å²) >= 11 is 0. The lowest BCUT2D eigenvalue weighted by Gasteiger charge is -2.35. The Morgan fingerprint density at radius 1 is 1.23 bits per heavy atom. The Morgan fingerprint density at radius 2 is 1.89 bits per heavy atom. The Kier molecular flexibility index (Phi) is 7.54. The molecule has 1 heterocycles. The van der Waals surface area contributed by atoms with Gasteiger partial charge in [0, 0.05) is 24.7 Å². The van der Waals surface area contributed by atoms with Crippen molar-refractivity contribution in [1.82, 2.24) is 0 Å². The number of rotatable bonds is 6. The van der Waals surface area contributed by atoms with Crippen LogP contribution in [-0.4, -0.2) is 49.0 Å². The first-order valence-corrected chi connectivity index (χ1v) is 11.0. The van der Waals surface area contributed by atoms with Gasteiger partial charge in [-0.1, -0.05) is 32.9 Å². The number of amidine groups is 1. The summed E-state index contributed by atoms with van der Waals surface area (Å²) in [6, 6.07) is 11.0. The van der Waals surface area contributed by atoms with Crippen LogP contribution in [0.4, 0.5) is 15.8 Å². The van der Waals surface area contributed by atoms with Crippen molar-refractivity contribution in [2.45, 2.75) is 45.3 Å². The maximum atomic E-state index is 14.4. The number of morpholine rings is 1. The highest BCUT2D eigenvalue weighted by atomic mass is 19.1. The molecule has 0 unspecified atom stereocenters. The van der Waals surface area contributed by atoms with Crippen LogP contribution in [0.1, 0.15) is 38.8 Å². The molecule has 1 aliphatic heterocycles. The molecule has 10 heteroatoms. The van der Waals surface area contributed by atoms with Gasteiger partial charge in [0.25, 0.3) is 11.8 Å². The molecule has 2 aromatic carbocycles. The van der Waals surface area contributed by atoms with E-state index >= 15 is 0 Å². The summed E-state index contributed by atoms with van der Waals surface area (Å²) in [6.07, 6.45) is -3.07. The number of esters is 1. The zero-order valence-electron chi connectivity index (χ0n) is 20.1. The third-order valence-electron chi connectivity index (χ3n) is 5.53. The molecule has 9 nitrogen and oxygen atoms in total. The fraction of sp³-hybridized carbons (Fsp3) is 0.360. The van der Waals surface area contributed by atoms with Gasteiger partial charge in [0.05, 0.1) is 12.3 Å². The number of halogens is 1. The van der Waals surface area contributed by atoms with Gasteiger partial charge in [0.2, 0.25) is 6.10 Å². The number of nitrogen functional groups attached to an aromatic ring is 1. The van der Waals surface area contributed by atoms with Crippen molar-refractivity contribution in [3.8, 4) is 0 Å². The zero-order valence-corrected chi connectivity index (χ0v) is 20.1. The minimum Gasteiger partial charge on any atom is -0.449 e. The molecule has 2 aromatic rings. The normalized spacial score (nSPS) is 17.0. The molecule has 4 N–H and O–H groups in total. The molecular formula is C25H29FN4O5. The minimum atomic E-state index is -1.65. The highest BCUT2D eigenvalue weighted by molar-refractivity contribution is 6.04. The van der Waals surface area contributed by atoms with E-state index in [4.69, 9.17) is 20.6 Å². The highest BCUT2D eigenvalue weighted by Crippen LogP contribution is 2.27.